The smallest absolute Gasteiger partial charge is 0.321 e. The molecule has 1 N–H and O–H groups in total. The minimum absolute atomic E-state index is 0.113. The first kappa shape index (κ1) is 22.7. The second-order valence-corrected chi connectivity index (χ2v) is 9.38. The molecule has 2 amide bonds. The number of urea groups is 1. The van der Waals surface area contributed by atoms with Gasteiger partial charge in [0.25, 0.3) is 0 Å². The van der Waals surface area contributed by atoms with Gasteiger partial charge in [0.15, 0.2) is 5.66 Å². The van der Waals surface area contributed by atoms with Crippen LogP contribution in [0, 0.1) is 0 Å². The van der Waals surface area contributed by atoms with Crippen LogP contribution in [0.2, 0.25) is 5.02 Å². The maximum atomic E-state index is 12.8. The van der Waals surface area contributed by atoms with Gasteiger partial charge in [0.2, 0.25) is 0 Å². The third-order valence-corrected chi connectivity index (χ3v) is 6.99. The Morgan fingerprint density at radius 2 is 1.94 bits per heavy atom. The van der Waals surface area contributed by atoms with E-state index in [0.717, 1.165) is 34.2 Å². The molecule has 0 bridgehead atoms. The molecule has 0 aromatic heterocycles. The Labute approximate surface area is 198 Å². The third-order valence-electron chi connectivity index (χ3n) is 5.57. The molecule has 0 unspecified atom stereocenters. The topological polar surface area (TPSA) is 66.3 Å². The molecule has 2 aromatic carbocycles. The average Bonchev–Trinajstić information content (AvgIpc) is 3.16. The lowest BCUT2D eigenvalue weighted by Gasteiger charge is -2.35. The van der Waals surface area contributed by atoms with Gasteiger partial charge in [0.1, 0.15) is 10.8 Å². The number of carbonyl (C=O) groups excluding carboxylic acids is 1. The van der Waals surface area contributed by atoms with Crippen LogP contribution in [0.4, 0.5) is 10.5 Å². The van der Waals surface area contributed by atoms with Crippen molar-refractivity contribution in [3.05, 3.63) is 59.1 Å². The van der Waals surface area contributed by atoms with Crippen molar-refractivity contribution in [3.8, 4) is 5.75 Å². The van der Waals surface area contributed by atoms with Gasteiger partial charge < -0.3 is 15.0 Å². The van der Waals surface area contributed by atoms with E-state index in [1.165, 1.54) is 0 Å². The summed E-state index contributed by atoms with van der Waals surface area (Å²) in [6.45, 7) is 3.36. The van der Waals surface area contributed by atoms with Gasteiger partial charge in [-0.05, 0) is 36.4 Å². The van der Waals surface area contributed by atoms with Gasteiger partial charge >= 0.3 is 6.03 Å². The SMILES string of the molecule is CCCSC1=NC2(CCN(C(=O)Nc3cccc(OC)c3)CC2)N=C1c1ccc(Cl)cc1. The van der Waals surface area contributed by atoms with Crippen molar-refractivity contribution < 1.29 is 9.53 Å². The molecule has 6 nitrogen and oxygen atoms in total. The Kier molecular flexibility index (Phi) is 7.06. The summed E-state index contributed by atoms with van der Waals surface area (Å²) in [5.41, 5.74) is 2.20. The number of halogens is 1. The van der Waals surface area contributed by atoms with Crippen LogP contribution < -0.4 is 10.1 Å². The molecule has 4 rings (SSSR count). The lowest BCUT2D eigenvalue weighted by atomic mass is 9.98. The lowest BCUT2D eigenvalue weighted by Crippen LogP contribution is -2.46. The van der Waals surface area contributed by atoms with E-state index in [1.54, 1.807) is 18.9 Å². The minimum atomic E-state index is -0.488. The van der Waals surface area contributed by atoms with Crippen molar-refractivity contribution in [1.82, 2.24) is 4.90 Å². The number of nitrogens with one attached hydrogen (secondary N) is 1. The van der Waals surface area contributed by atoms with Crippen molar-refractivity contribution >= 4 is 45.8 Å². The molecule has 8 heteroatoms. The molecular weight excluding hydrogens is 444 g/mol. The van der Waals surface area contributed by atoms with Crippen LogP contribution >= 0.6 is 23.4 Å². The fourth-order valence-electron chi connectivity index (χ4n) is 3.81. The van der Waals surface area contributed by atoms with E-state index in [-0.39, 0.29) is 6.03 Å². The Balaban J connectivity index is 1.46. The average molecular weight is 471 g/mol. The molecule has 0 saturated carbocycles. The summed E-state index contributed by atoms with van der Waals surface area (Å²) in [5.74, 6) is 1.71. The van der Waals surface area contributed by atoms with Gasteiger partial charge in [0, 0.05) is 48.3 Å². The van der Waals surface area contributed by atoms with E-state index >= 15 is 0 Å². The molecular formula is C24H27ClN4O2S. The van der Waals surface area contributed by atoms with Gasteiger partial charge in [-0.1, -0.05) is 36.7 Å². The number of benzene rings is 2. The minimum Gasteiger partial charge on any atom is -0.497 e. The van der Waals surface area contributed by atoms with Crippen molar-refractivity contribution in [3.63, 3.8) is 0 Å². The largest absolute Gasteiger partial charge is 0.497 e. The number of thioether (sulfide) groups is 1. The van der Waals surface area contributed by atoms with Crippen LogP contribution in [0.15, 0.2) is 58.5 Å². The fourth-order valence-corrected chi connectivity index (χ4v) is 4.87. The number of nitrogens with zero attached hydrogens (tertiary/aromatic N) is 3. The predicted molar refractivity (Wildman–Crippen MR) is 134 cm³/mol. The maximum Gasteiger partial charge on any atom is 0.321 e. The van der Waals surface area contributed by atoms with Crippen LogP contribution in [-0.2, 0) is 0 Å². The van der Waals surface area contributed by atoms with Gasteiger partial charge in [-0.15, -0.1) is 11.8 Å². The molecule has 2 aliphatic rings. The number of rotatable bonds is 5. The Morgan fingerprint density at radius 1 is 1.19 bits per heavy atom. The number of anilines is 1. The zero-order valence-corrected chi connectivity index (χ0v) is 19.9. The number of piperidine rings is 1. The van der Waals surface area contributed by atoms with E-state index in [9.17, 15) is 4.79 Å². The number of amides is 2. The number of methoxy groups -OCH3 is 1. The highest BCUT2D eigenvalue weighted by Crippen LogP contribution is 2.36. The monoisotopic (exact) mass is 470 g/mol. The molecule has 32 heavy (non-hydrogen) atoms. The normalized spacial score (nSPS) is 17.2. The molecule has 1 fully saturated rings. The number of hydrogen-bond donors (Lipinski definition) is 1. The van der Waals surface area contributed by atoms with E-state index < -0.39 is 5.66 Å². The van der Waals surface area contributed by atoms with Crippen LogP contribution in [0.5, 0.6) is 5.75 Å². The van der Waals surface area contributed by atoms with Crippen molar-refractivity contribution in [2.75, 3.05) is 31.3 Å². The fraction of sp³-hybridized carbons (Fsp3) is 0.375. The van der Waals surface area contributed by atoms with E-state index in [0.29, 0.717) is 36.7 Å². The molecule has 0 atom stereocenters. The summed E-state index contributed by atoms with van der Waals surface area (Å²) < 4.78 is 5.23. The van der Waals surface area contributed by atoms with Crippen LogP contribution in [0.25, 0.3) is 0 Å². The second kappa shape index (κ2) is 9.96. The highest BCUT2D eigenvalue weighted by molar-refractivity contribution is 8.15. The first-order chi connectivity index (χ1) is 15.5. The van der Waals surface area contributed by atoms with Crippen LogP contribution in [0.1, 0.15) is 31.7 Å². The molecule has 168 valence electrons. The predicted octanol–water partition coefficient (Wildman–Crippen LogP) is 5.72. The van der Waals surface area contributed by atoms with Crippen LogP contribution in [-0.4, -0.2) is 53.3 Å². The number of likely N-dealkylation sites (tertiary alicyclic amines) is 1. The van der Waals surface area contributed by atoms with E-state index in [2.05, 4.69) is 12.2 Å². The second-order valence-electron chi connectivity index (χ2n) is 7.86. The molecule has 0 aliphatic carbocycles. The molecule has 2 aromatic rings. The Morgan fingerprint density at radius 3 is 2.62 bits per heavy atom. The summed E-state index contributed by atoms with van der Waals surface area (Å²) in [4.78, 5) is 24.8. The van der Waals surface area contributed by atoms with Gasteiger partial charge in [-0.2, -0.15) is 0 Å². The van der Waals surface area contributed by atoms with Gasteiger partial charge in [0.05, 0.1) is 12.8 Å². The summed E-state index contributed by atoms with van der Waals surface area (Å²) in [5, 5.41) is 4.66. The van der Waals surface area contributed by atoms with Crippen LogP contribution in [0.3, 0.4) is 0 Å². The summed E-state index contributed by atoms with van der Waals surface area (Å²) in [6, 6.07) is 15.0. The first-order valence-electron chi connectivity index (χ1n) is 10.8. The molecule has 0 radical (unpaired) electrons. The Hall–Kier alpha value is -2.51. The van der Waals surface area contributed by atoms with Crippen molar-refractivity contribution in [2.24, 2.45) is 9.98 Å². The zero-order valence-electron chi connectivity index (χ0n) is 18.3. The highest BCUT2D eigenvalue weighted by atomic mass is 35.5. The Bertz CT molecular complexity index is 1030. The molecule has 2 aliphatic heterocycles. The zero-order chi connectivity index (χ0) is 22.6. The summed E-state index contributed by atoms with van der Waals surface area (Å²) in [7, 11) is 1.61. The molecule has 1 spiro atoms. The third kappa shape index (κ3) is 5.10. The van der Waals surface area contributed by atoms with E-state index in [4.69, 9.17) is 26.3 Å². The molecule has 2 heterocycles. The van der Waals surface area contributed by atoms with Gasteiger partial charge in [-0.25, -0.2) is 9.79 Å². The van der Waals surface area contributed by atoms with Crippen molar-refractivity contribution in [2.45, 2.75) is 31.8 Å². The number of ether oxygens (including phenoxy) is 1. The summed E-state index contributed by atoms with van der Waals surface area (Å²) in [6.07, 6.45) is 2.47. The first-order valence-corrected chi connectivity index (χ1v) is 12.2. The number of aliphatic imine (C=N–C) groups is 2. The highest BCUT2D eigenvalue weighted by Gasteiger charge is 2.40. The maximum absolute atomic E-state index is 12.8. The van der Waals surface area contributed by atoms with Gasteiger partial charge in [-0.3, -0.25) is 4.99 Å². The number of hydrogen-bond acceptors (Lipinski definition) is 5. The van der Waals surface area contributed by atoms with E-state index in [1.807, 2.05) is 53.4 Å². The number of carbonyl (C=O) groups is 1. The molecule has 1 saturated heterocycles. The standard InChI is InChI=1S/C24H27ClN4O2S/c1-3-15-32-22-21(17-7-9-18(25)10-8-17)27-24(28-22)11-13-29(14-12-24)23(30)26-19-5-4-6-20(16-19)31-2/h4-10,16H,3,11-15H2,1-2H3,(H,26,30). The van der Waals surface area contributed by atoms with Crippen molar-refractivity contribution in [1.29, 1.82) is 0 Å². The summed E-state index contributed by atoms with van der Waals surface area (Å²) >= 11 is 7.83. The quantitative estimate of drug-likeness (QED) is 0.607. The lowest BCUT2D eigenvalue weighted by molar-refractivity contribution is 0.175.